The zero-order valence-corrected chi connectivity index (χ0v) is 16.4. The number of ether oxygens (including phenoxy) is 1. The Bertz CT molecular complexity index is 1000. The molecule has 0 unspecified atom stereocenters. The van der Waals surface area contributed by atoms with Crippen LogP contribution in [-0.2, 0) is 6.42 Å². The smallest absolute Gasteiger partial charge is 0.336 e. The van der Waals surface area contributed by atoms with Gasteiger partial charge in [0.2, 0.25) is 0 Å². The molecule has 0 saturated heterocycles. The van der Waals surface area contributed by atoms with E-state index in [1.54, 1.807) is 12.3 Å². The average molecular weight is 388 g/mol. The second-order valence-electron chi connectivity index (χ2n) is 7.33. The van der Waals surface area contributed by atoms with Gasteiger partial charge in [-0.1, -0.05) is 24.3 Å². The Labute approximate surface area is 170 Å². The summed E-state index contributed by atoms with van der Waals surface area (Å²) in [6.45, 7) is 0.676. The molecule has 148 valence electrons. The number of carboxylic acid groups (broad SMARTS) is 1. The van der Waals surface area contributed by atoms with Crippen molar-refractivity contribution >= 4 is 17.3 Å². The Morgan fingerprint density at radius 2 is 2.00 bits per heavy atom. The van der Waals surface area contributed by atoms with Crippen molar-refractivity contribution in [2.75, 3.05) is 18.6 Å². The van der Waals surface area contributed by atoms with E-state index in [2.05, 4.69) is 40.2 Å². The molecule has 1 atom stereocenters. The summed E-state index contributed by atoms with van der Waals surface area (Å²) < 4.78 is 5.96. The molecule has 0 amide bonds. The number of fused-ring (bicyclic) bond motifs is 1. The van der Waals surface area contributed by atoms with E-state index in [1.165, 1.54) is 11.8 Å². The van der Waals surface area contributed by atoms with Crippen LogP contribution in [0, 0.1) is 0 Å². The number of aryl methyl sites for hydroxylation is 1. The predicted octanol–water partition coefficient (Wildman–Crippen LogP) is 5.05. The van der Waals surface area contributed by atoms with Gasteiger partial charge in [-0.3, -0.25) is 4.98 Å². The molecule has 5 nitrogen and oxygen atoms in total. The number of aromatic nitrogens is 1. The lowest BCUT2D eigenvalue weighted by atomic mass is 9.87. The van der Waals surface area contributed by atoms with Gasteiger partial charge in [0.25, 0.3) is 0 Å². The second-order valence-corrected chi connectivity index (χ2v) is 7.33. The van der Waals surface area contributed by atoms with Gasteiger partial charge in [-0.05, 0) is 60.6 Å². The van der Waals surface area contributed by atoms with E-state index in [9.17, 15) is 9.90 Å². The molecule has 0 radical (unpaired) electrons. The zero-order valence-electron chi connectivity index (χ0n) is 16.4. The molecule has 2 heterocycles. The van der Waals surface area contributed by atoms with Gasteiger partial charge < -0.3 is 14.7 Å². The maximum atomic E-state index is 11.4. The molecule has 0 saturated carbocycles. The van der Waals surface area contributed by atoms with Crippen LogP contribution >= 0.6 is 0 Å². The van der Waals surface area contributed by atoms with E-state index < -0.39 is 5.97 Å². The summed E-state index contributed by atoms with van der Waals surface area (Å²) in [6, 6.07) is 18.2. The standard InChI is InChI=1S/C24H24N2O3/c1-26(19-5-3-2-4-6-19)20-9-10-21-17(12-14-29-23(21)15-20)7-8-18-16-25-13-11-22(18)24(27)28/h2-6,9-11,13,15-17H,7-8,12,14H2,1H3,(H,27,28)/t17-/m1/s1. The quantitative estimate of drug-likeness (QED) is 0.640. The van der Waals surface area contributed by atoms with Crippen molar-refractivity contribution < 1.29 is 14.6 Å². The normalized spacial score (nSPS) is 15.3. The largest absolute Gasteiger partial charge is 0.493 e. The first-order chi connectivity index (χ1) is 14.1. The van der Waals surface area contributed by atoms with Crippen LogP contribution in [0.25, 0.3) is 0 Å². The minimum Gasteiger partial charge on any atom is -0.493 e. The highest BCUT2D eigenvalue weighted by atomic mass is 16.5. The maximum absolute atomic E-state index is 11.4. The van der Waals surface area contributed by atoms with E-state index in [0.29, 0.717) is 24.5 Å². The number of anilines is 2. The summed E-state index contributed by atoms with van der Waals surface area (Å²) in [5.41, 5.74) is 4.52. The molecule has 1 N–H and O–H groups in total. The number of hydrogen-bond acceptors (Lipinski definition) is 4. The molecular weight excluding hydrogens is 364 g/mol. The molecule has 4 rings (SSSR count). The first-order valence-corrected chi connectivity index (χ1v) is 9.85. The lowest BCUT2D eigenvalue weighted by molar-refractivity contribution is 0.0695. The Morgan fingerprint density at radius 3 is 2.79 bits per heavy atom. The number of para-hydroxylation sites is 1. The van der Waals surface area contributed by atoms with Gasteiger partial charge in [0.05, 0.1) is 12.2 Å². The summed E-state index contributed by atoms with van der Waals surface area (Å²) in [7, 11) is 2.05. The third kappa shape index (κ3) is 4.09. The molecule has 0 fully saturated rings. The third-order valence-electron chi connectivity index (χ3n) is 5.59. The average Bonchev–Trinajstić information content (AvgIpc) is 2.77. The first kappa shape index (κ1) is 19.0. The Morgan fingerprint density at radius 1 is 1.17 bits per heavy atom. The minimum atomic E-state index is -0.900. The molecule has 1 aliphatic rings. The fraction of sp³-hybridized carbons (Fsp3) is 0.250. The summed E-state index contributed by atoms with van der Waals surface area (Å²) in [6.07, 6.45) is 5.69. The van der Waals surface area contributed by atoms with Gasteiger partial charge >= 0.3 is 5.97 Å². The van der Waals surface area contributed by atoms with Crippen molar-refractivity contribution in [3.05, 3.63) is 83.7 Å². The Balaban J connectivity index is 1.53. The SMILES string of the molecule is CN(c1ccccc1)c1ccc2c(c1)OCC[C@H]2CCc1cnccc1C(=O)O. The number of rotatable bonds is 6. The summed E-state index contributed by atoms with van der Waals surface area (Å²) in [4.78, 5) is 17.7. The van der Waals surface area contributed by atoms with E-state index >= 15 is 0 Å². The van der Waals surface area contributed by atoms with Crippen LogP contribution in [0.2, 0.25) is 0 Å². The number of aromatic carboxylic acids is 1. The number of nitrogens with zero attached hydrogens (tertiary/aromatic N) is 2. The topological polar surface area (TPSA) is 62.7 Å². The van der Waals surface area contributed by atoms with Crippen LogP contribution in [-0.4, -0.2) is 29.7 Å². The highest BCUT2D eigenvalue weighted by Crippen LogP contribution is 2.39. The van der Waals surface area contributed by atoms with Crippen LogP contribution in [0.4, 0.5) is 11.4 Å². The van der Waals surface area contributed by atoms with E-state index in [4.69, 9.17) is 4.74 Å². The van der Waals surface area contributed by atoms with Gasteiger partial charge in [0.1, 0.15) is 5.75 Å². The number of carboxylic acids is 1. The fourth-order valence-electron chi connectivity index (χ4n) is 3.93. The molecule has 1 aliphatic heterocycles. The highest BCUT2D eigenvalue weighted by molar-refractivity contribution is 5.89. The number of benzene rings is 2. The highest BCUT2D eigenvalue weighted by Gasteiger charge is 2.23. The minimum absolute atomic E-state index is 0.340. The lowest BCUT2D eigenvalue weighted by Gasteiger charge is -2.28. The zero-order chi connectivity index (χ0) is 20.2. The number of hydrogen-bond donors (Lipinski definition) is 1. The monoisotopic (exact) mass is 388 g/mol. The van der Waals surface area contributed by atoms with E-state index in [0.717, 1.165) is 35.5 Å². The van der Waals surface area contributed by atoms with Gasteiger partial charge in [-0.15, -0.1) is 0 Å². The molecule has 0 bridgehead atoms. The molecule has 5 heteroatoms. The van der Waals surface area contributed by atoms with Gasteiger partial charge in [0.15, 0.2) is 0 Å². The van der Waals surface area contributed by atoms with Crippen molar-refractivity contribution in [1.29, 1.82) is 0 Å². The van der Waals surface area contributed by atoms with Crippen molar-refractivity contribution in [3.8, 4) is 5.75 Å². The Kier molecular flexibility index (Phi) is 5.47. The third-order valence-corrected chi connectivity index (χ3v) is 5.59. The Hall–Kier alpha value is -3.34. The van der Waals surface area contributed by atoms with Crippen LogP contribution in [0.3, 0.4) is 0 Å². The maximum Gasteiger partial charge on any atom is 0.336 e. The second kappa shape index (κ2) is 8.35. The van der Waals surface area contributed by atoms with Gasteiger partial charge in [-0.2, -0.15) is 0 Å². The fourth-order valence-corrected chi connectivity index (χ4v) is 3.93. The van der Waals surface area contributed by atoms with E-state index in [1.807, 2.05) is 25.2 Å². The lowest BCUT2D eigenvalue weighted by Crippen LogP contribution is -2.17. The molecule has 3 aromatic rings. The van der Waals surface area contributed by atoms with Crippen molar-refractivity contribution in [2.24, 2.45) is 0 Å². The summed E-state index contributed by atoms with van der Waals surface area (Å²) >= 11 is 0. The number of pyridine rings is 1. The van der Waals surface area contributed by atoms with Crippen LogP contribution in [0.1, 0.15) is 40.2 Å². The molecule has 2 aromatic carbocycles. The summed E-state index contributed by atoms with van der Waals surface area (Å²) in [5.74, 6) is 0.367. The number of carbonyl (C=O) groups is 1. The van der Waals surface area contributed by atoms with Gasteiger partial charge in [-0.25, -0.2) is 4.79 Å². The van der Waals surface area contributed by atoms with Gasteiger partial charge in [0, 0.05) is 36.9 Å². The van der Waals surface area contributed by atoms with Crippen molar-refractivity contribution in [3.63, 3.8) is 0 Å². The predicted molar refractivity (Wildman–Crippen MR) is 113 cm³/mol. The molecule has 0 aliphatic carbocycles. The van der Waals surface area contributed by atoms with Crippen molar-refractivity contribution in [1.82, 2.24) is 4.98 Å². The molecular formula is C24H24N2O3. The van der Waals surface area contributed by atoms with Crippen LogP contribution in [0.5, 0.6) is 5.75 Å². The van der Waals surface area contributed by atoms with Crippen molar-refractivity contribution in [2.45, 2.75) is 25.2 Å². The molecule has 1 aromatic heterocycles. The first-order valence-electron chi connectivity index (χ1n) is 9.85. The summed E-state index contributed by atoms with van der Waals surface area (Å²) in [5, 5.41) is 9.38. The van der Waals surface area contributed by atoms with E-state index in [-0.39, 0.29) is 0 Å². The molecule has 0 spiro atoms. The van der Waals surface area contributed by atoms with Crippen LogP contribution < -0.4 is 9.64 Å². The molecule has 29 heavy (non-hydrogen) atoms. The van der Waals surface area contributed by atoms with Crippen LogP contribution in [0.15, 0.2) is 67.0 Å².